The van der Waals surface area contributed by atoms with Crippen LogP contribution in [0.4, 0.5) is 0 Å². The summed E-state index contributed by atoms with van der Waals surface area (Å²) in [4.78, 5) is 0. The van der Waals surface area contributed by atoms with Crippen LogP contribution in [-0.4, -0.2) is 16.8 Å². The van der Waals surface area contributed by atoms with Crippen molar-refractivity contribution < 1.29 is 4.74 Å². The summed E-state index contributed by atoms with van der Waals surface area (Å²) in [6.07, 6.45) is 14.3. The molecule has 0 atom stereocenters. The van der Waals surface area contributed by atoms with Crippen molar-refractivity contribution in [3.63, 3.8) is 0 Å². The Kier molecular flexibility index (Phi) is 8.98. The average Bonchev–Trinajstić information content (AvgIpc) is 2.77. The molecule has 0 N–H and O–H groups in total. The summed E-state index contributed by atoms with van der Waals surface area (Å²) >= 11 is 0. The standard InChI is InChI=1S/C26H38N2O/c1-3-5-6-20-29-25-17-13-23(14-18-25)26-19-16-24(27-28-26)15-12-22-10-8-21(7-4-2)9-11-22/h13-14,16-19,21-22H,3-12,15,20H2,1-2H3. The molecule has 1 aromatic carbocycles. The molecule has 0 amide bonds. The van der Waals surface area contributed by atoms with E-state index in [4.69, 9.17) is 4.74 Å². The molecule has 1 aliphatic carbocycles. The molecule has 158 valence electrons. The highest BCUT2D eigenvalue weighted by atomic mass is 16.5. The third-order valence-electron chi connectivity index (χ3n) is 6.36. The summed E-state index contributed by atoms with van der Waals surface area (Å²) in [7, 11) is 0. The van der Waals surface area contributed by atoms with Gasteiger partial charge in [-0.15, -0.1) is 0 Å². The summed E-state index contributed by atoms with van der Waals surface area (Å²) in [6, 6.07) is 12.5. The predicted molar refractivity (Wildman–Crippen MR) is 121 cm³/mol. The summed E-state index contributed by atoms with van der Waals surface area (Å²) in [5, 5.41) is 8.97. The van der Waals surface area contributed by atoms with Crippen molar-refractivity contribution in [3.05, 3.63) is 42.1 Å². The number of hydrogen-bond donors (Lipinski definition) is 0. The monoisotopic (exact) mass is 394 g/mol. The molecule has 1 fully saturated rings. The minimum atomic E-state index is 0.794. The highest BCUT2D eigenvalue weighted by molar-refractivity contribution is 5.59. The van der Waals surface area contributed by atoms with Gasteiger partial charge in [-0.05, 0) is 67.5 Å². The van der Waals surface area contributed by atoms with Crippen LogP contribution in [0.15, 0.2) is 36.4 Å². The lowest BCUT2D eigenvalue weighted by Gasteiger charge is -2.28. The average molecular weight is 395 g/mol. The van der Waals surface area contributed by atoms with Gasteiger partial charge in [0.05, 0.1) is 18.0 Å². The van der Waals surface area contributed by atoms with Gasteiger partial charge in [0.1, 0.15) is 5.75 Å². The number of unbranched alkanes of at least 4 members (excludes halogenated alkanes) is 2. The van der Waals surface area contributed by atoms with Crippen molar-refractivity contribution in [1.82, 2.24) is 10.2 Å². The molecular weight excluding hydrogens is 356 g/mol. The SMILES string of the molecule is CCCCCOc1ccc(-c2ccc(CCC3CCC(CCC)CC3)nn2)cc1. The summed E-state index contributed by atoms with van der Waals surface area (Å²) in [5.41, 5.74) is 3.16. The van der Waals surface area contributed by atoms with Crippen molar-refractivity contribution >= 4 is 0 Å². The Morgan fingerprint density at radius 2 is 1.52 bits per heavy atom. The van der Waals surface area contributed by atoms with Crippen molar-refractivity contribution in [2.24, 2.45) is 11.8 Å². The number of rotatable bonds is 11. The van der Waals surface area contributed by atoms with Crippen molar-refractivity contribution in [1.29, 1.82) is 0 Å². The lowest BCUT2D eigenvalue weighted by atomic mass is 9.78. The van der Waals surface area contributed by atoms with Gasteiger partial charge in [0.15, 0.2) is 0 Å². The first-order valence-corrected chi connectivity index (χ1v) is 11.8. The Labute approximate surface area is 177 Å². The van der Waals surface area contributed by atoms with Gasteiger partial charge >= 0.3 is 0 Å². The zero-order valence-electron chi connectivity index (χ0n) is 18.4. The summed E-state index contributed by atoms with van der Waals surface area (Å²) in [5.74, 6) is 2.81. The Morgan fingerprint density at radius 1 is 0.793 bits per heavy atom. The van der Waals surface area contributed by atoms with Crippen LogP contribution >= 0.6 is 0 Å². The van der Waals surface area contributed by atoms with Gasteiger partial charge in [-0.1, -0.05) is 65.2 Å². The second-order valence-electron chi connectivity index (χ2n) is 8.70. The van der Waals surface area contributed by atoms with Crippen LogP contribution in [0, 0.1) is 11.8 Å². The van der Waals surface area contributed by atoms with Crippen LogP contribution in [0.5, 0.6) is 5.75 Å². The normalized spacial score (nSPS) is 19.2. The first-order valence-electron chi connectivity index (χ1n) is 11.8. The van der Waals surface area contributed by atoms with Gasteiger partial charge < -0.3 is 4.74 Å². The maximum atomic E-state index is 5.79. The molecule has 0 bridgehead atoms. The Hall–Kier alpha value is -1.90. The first kappa shape index (κ1) is 21.8. The largest absolute Gasteiger partial charge is 0.494 e. The molecule has 0 unspecified atom stereocenters. The fourth-order valence-corrected chi connectivity index (χ4v) is 4.48. The summed E-state index contributed by atoms with van der Waals surface area (Å²) in [6.45, 7) is 5.31. The topological polar surface area (TPSA) is 35.0 Å². The van der Waals surface area contributed by atoms with E-state index in [-0.39, 0.29) is 0 Å². The van der Waals surface area contributed by atoms with Gasteiger partial charge in [-0.3, -0.25) is 0 Å². The number of aromatic nitrogens is 2. The number of hydrogen-bond acceptors (Lipinski definition) is 3. The van der Waals surface area contributed by atoms with Crippen LogP contribution < -0.4 is 4.74 Å². The highest BCUT2D eigenvalue weighted by Crippen LogP contribution is 2.33. The zero-order valence-corrected chi connectivity index (χ0v) is 18.4. The molecule has 0 radical (unpaired) electrons. The molecule has 0 spiro atoms. The molecule has 29 heavy (non-hydrogen) atoms. The van der Waals surface area contributed by atoms with Crippen LogP contribution in [0.3, 0.4) is 0 Å². The molecule has 1 aromatic heterocycles. The van der Waals surface area contributed by atoms with Crippen LogP contribution in [0.1, 0.15) is 83.7 Å². The number of nitrogens with zero attached hydrogens (tertiary/aromatic N) is 2. The fourth-order valence-electron chi connectivity index (χ4n) is 4.48. The third-order valence-corrected chi connectivity index (χ3v) is 6.36. The zero-order chi connectivity index (χ0) is 20.3. The van der Waals surface area contributed by atoms with Crippen molar-refractivity contribution in [2.45, 2.75) is 84.5 Å². The molecule has 1 aliphatic rings. The maximum Gasteiger partial charge on any atom is 0.119 e. The lowest BCUT2D eigenvalue weighted by Crippen LogP contribution is -2.15. The van der Waals surface area contributed by atoms with Crippen LogP contribution in [0.2, 0.25) is 0 Å². The smallest absolute Gasteiger partial charge is 0.119 e. The minimum Gasteiger partial charge on any atom is -0.494 e. The predicted octanol–water partition coefficient (Wildman–Crippen LogP) is 7.25. The third kappa shape index (κ3) is 7.13. The second-order valence-corrected chi connectivity index (χ2v) is 8.70. The summed E-state index contributed by atoms with van der Waals surface area (Å²) < 4.78 is 5.79. The number of ether oxygens (including phenoxy) is 1. The molecule has 0 saturated heterocycles. The quantitative estimate of drug-likeness (QED) is 0.376. The van der Waals surface area contributed by atoms with E-state index < -0.39 is 0 Å². The molecule has 3 rings (SSSR count). The Balaban J connectivity index is 1.44. The molecular formula is C26H38N2O. The van der Waals surface area contributed by atoms with E-state index in [1.54, 1.807) is 0 Å². The van der Waals surface area contributed by atoms with Gasteiger partial charge in [-0.25, -0.2) is 0 Å². The van der Waals surface area contributed by atoms with Crippen LogP contribution in [-0.2, 0) is 6.42 Å². The van der Waals surface area contributed by atoms with E-state index >= 15 is 0 Å². The van der Waals surface area contributed by atoms with Gasteiger partial charge in [-0.2, -0.15) is 10.2 Å². The Morgan fingerprint density at radius 3 is 2.14 bits per heavy atom. The molecule has 2 aromatic rings. The van der Waals surface area contributed by atoms with E-state index in [1.807, 2.05) is 12.1 Å². The lowest BCUT2D eigenvalue weighted by molar-refractivity contribution is 0.252. The molecule has 0 aliphatic heterocycles. The second kappa shape index (κ2) is 11.9. The van der Waals surface area contributed by atoms with E-state index in [1.165, 1.54) is 57.8 Å². The van der Waals surface area contributed by atoms with Gasteiger partial charge in [0.25, 0.3) is 0 Å². The van der Waals surface area contributed by atoms with E-state index in [0.29, 0.717) is 0 Å². The molecule has 3 nitrogen and oxygen atoms in total. The first-order chi connectivity index (χ1) is 14.3. The van der Waals surface area contributed by atoms with E-state index in [0.717, 1.165) is 54.0 Å². The molecule has 1 heterocycles. The fraction of sp³-hybridized carbons (Fsp3) is 0.615. The minimum absolute atomic E-state index is 0.794. The van der Waals surface area contributed by atoms with E-state index in [2.05, 4.69) is 48.3 Å². The molecule has 1 saturated carbocycles. The number of benzene rings is 1. The Bertz CT molecular complexity index is 688. The van der Waals surface area contributed by atoms with Gasteiger partial charge in [0.2, 0.25) is 0 Å². The maximum absolute atomic E-state index is 5.79. The van der Waals surface area contributed by atoms with E-state index in [9.17, 15) is 0 Å². The van der Waals surface area contributed by atoms with Crippen molar-refractivity contribution in [2.75, 3.05) is 6.61 Å². The number of aryl methyl sites for hydroxylation is 1. The van der Waals surface area contributed by atoms with Crippen LogP contribution in [0.25, 0.3) is 11.3 Å². The van der Waals surface area contributed by atoms with Crippen molar-refractivity contribution in [3.8, 4) is 17.0 Å². The van der Waals surface area contributed by atoms with Gasteiger partial charge in [0, 0.05) is 5.56 Å². The molecule has 3 heteroatoms. The highest BCUT2D eigenvalue weighted by Gasteiger charge is 2.20.